The first kappa shape index (κ1) is 18.6. The zero-order valence-electron chi connectivity index (χ0n) is 14.7. The van der Waals surface area contributed by atoms with Gasteiger partial charge in [0.1, 0.15) is 5.82 Å². The number of rotatable bonds is 7. The second kappa shape index (κ2) is 8.38. The molecule has 0 aliphatic heterocycles. The van der Waals surface area contributed by atoms with Gasteiger partial charge in [0.05, 0.1) is 17.1 Å². The molecule has 1 heterocycles. The summed E-state index contributed by atoms with van der Waals surface area (Å²) in [5.74, 6) is 0.376. The summed E-state index contributed by atoms with van der Waals surface area (Å²) in [6.45, 7) is 8.33. The van der Waals surface area contributed by atoms with Gasteiger partial charge in [-0.25, -0.2) is 9.37 Å². The minimum Gasteiger partial charge on any atom is -0.353 e. The van der Waals surface area contributed by atoms with Crippen LogP contribution in [0.1, 0.15) is 43.5 Å². The van der Waals surface area contributed by atoms with Crippen molar-refractivity contribution in [3.63, 3.8) is 0 Å². The van der Waals surface area contributed by atoms with Gasteiger partial charge >= 0.3 is 0 Å². The van der Waals surface area contributed by atoms with Gasteiger partial charge < -0.3 is 5.32 Å². The lowest BCUT2D eigenvalue weighted by Gasteiger charge is -2.15. The van der Waals surface area contributed by atoms with Crippen LogP contribution in [0.5, 0.6) is 0 Å². The Kier molecular flexibility index (Phi) is 6.49. The van der Waals surface area contributed by atoms with Crippen LogP contribution in [0.2, 0.25) is 0 Å². The van der Waals surface area contributed by atoms with E-state index in [4.69, 9.17) is 0 Å². The molecule has 1 N–H and O–H groups in total. The highest BCUT2D eigenvalue weighted by Gasteiger charge is 2.16. The number of amides is 1. The van der Waals surface area contributed by atoms with Crippen LogP contribution in [0, 0.1) is 18.7 Å². The Balaban J connectivity index is 2.04. The standard InChI is InChI=1S/C19H25FN2OS/c1-12(2)5-6-13(3)21-18(23)11-17-19(22-14(4)24-17)15-7-9-16(20)10-8-15/h7-10,12-13H,5-6,11H2,1-4H3,(H,21,23)/t13-/m1/s1. The smallest absolute Gasteiger partial charge is 0.225 e. The summed E-state index contributed by atoms with van der Waals surface area (Å²) in [6.07, 6.45) is 2.39. The maximum Gasteiger partial charge on any atom is 0.225 e. The van der Waals surface area contributed by atoms with Crippen molar-refractivity contribution in [1.82, 2.24) is 10.3 Å². The molecule has 1 atom stereocenters. The molecule has 0 saturated carbocycles. The SMILES string of the molecule is Cc1nc(-c2ccc(F)cc2)c(CC(=O)N[C@H](C)CCC(C)C)s1. The molecule has 2 aromatic rings. The van der Waals surface area contributed by atoms with E-state index in [1.807, 2.05) is 13.8 Å². The summed E-state index contributed by atoms with van der Waals surface area (Å²) in [5.41, 5.74) is 1.62. The van der Waals surface area contributed by atoms with Gasteiger partial charge in [0.2, 0.25) is 5.91 Å². The summed E-state index contributed by atoms with van der Waals surface area (Å²) in [5, 5.41) is 3.97. The summed E-state index contributed by atoms with van der Waals surface area (Å²) in [7, 11) is 0. The van der Waals surface area contributed by atoms with Crippen LogP contribution >= 0.6 is 11.3 Å². The third kappa shape index (κ3) is 5.41. The van der Waals surface area contributed by atoms with E-state index in [-0.39, 0.29) is 17.8 Å². The molecule has 1 amide bonds. The zero-order valence-corrected chi connectivity index (χ0v) is 15.5. The summed E-state index contributed by atoms with van der Waals surface area (Å²) >= 11 is 1.52. The van der Waals surface area contributed by atoms with Gasteiger partial charge in [0.25, 0.3) is 0 Å². The van der Waals surface area contributed by atoms with Gasteiger partial charge in [0, 0.05) is 16.5 Å². The summed E-state index contributed by atoms with van der Waals surface area (Å²) in [4.78, 5) is 17.8. The normalized spacial score (nSPS) is 12.4. The average molecular weight is 348 g/mol. The van der Waals surface area contributed by atoms with Crippen molar-refractivity contribution in [1.29, 1.82) is 0 Å². The van der Waals surface area contributed by atoms with E-state index in [2.05, 4.69) is 24.1 Å². The number of carbonyl (C=O) groups excluding carboxylic acids is 1. The number of benzene rings is 1. The van der Waals surface area contributed by atoms with Gasteiger partial charge in [-0.3, -0.25) is 4.79 Å². The molecule has 0 radical (unpaired) electrons. The maximum absolute atomic E-state index is 13.1. The highest BCUT2D eigenvalue weighted by molar-refractivity contribution is 7.12. The zero-order chi connectivity index (χ0) is 17.7. The Labute approximate surface area is 147 Å². The molecule has 24 heavy (non-hydrogen) atoms. The minimum absolute atomic E-state index is 0.0123. The largest absolute Gasteiger partial charge is 0.353 e. The number of hydrogen-bond acceptors (Lipinski definition) is 3. The fraction of sp³-hybridized carbons (Fsp3) is 0.474. The fourth-order valence-electron chi connectivity index (χ4n) is 2.55. The molecule has 0 fully saturated rings. The van der Waals surface area contributed by atoms with Crippen LogP contribution in [0.3, 0.4) is 0 Å². The number of hydrogen-bond donors (Lipinski definition) is 1. The van der Waals surface area contributed by atoms with Crippen molar-refractivity contribution in [3.8, 4) is 11.3 Å². The van der Waals surface area contributed by atoms with Crippen molar-refractivity contribution < 1.29 is 9.18 Å². The van der Waals surface area contributed by atoms with E-state index in [1.165, 1.54) is 23.5 Å². The van der Waals surface area contributed by atoms with E-state index in [1.54, 1.807) is 12.1 Å². The predicted octanol–water partition coefficient (Wildman–Crippen LogP) is 4.74. The molecule has 0 saturated heterocycles. The van der Waals surface area contributed by atoms with E-state index in [0.717, 1.165) is 34.0 Å². The fourth-order valence-corrected chi connectivity index (χ4v) is 3.51. The number of carbonyl (C=O) groups is 1. The Bertz CT molecular complexity index is 679. The van der Waals surface area contributed by atoms with E-state index >= 15 is 0 Å². The third-order valence-electron chi connectivity index (χ3n) is 3.83. The van der Waals surface area contributed by atoms with Crippen molar-refractivity contribution in [2.75, 3.05) is 0 Å². The number of halogens is 1. The molecule has 130 valence electrons. The van der Waals surface area contributed by atoms with Crippen LogP contribution in [0.4, 0.5) is 4.39 Å². The molecule has 0 aliphatic rings. The Morgan fingerprint density at radius 2 is 1.88 bits per heavy atom. The molecular weight excluding hydrogens is 323 g/mol. The molecule has 1 aromatic carbocycles. The van der Waals surface area contributed by atoms with E-state index in [9.17, 15) is 9.18 Å². The van der Waals surface area contributed by atoms with Crippen molar-refractivity contribution in [2.24, 2.45) is 5.92 Å². The van der Waals surface area contributed by atoms with Crippen LogP contribution in [-0.4, -0.2) is 16.9 Å². The van der Waals surface area contributed by atoms with Gasteiger partial charge in [-0.15, -0.1) is 11.3 Å². The molecule has 0 spiro atoms. The lowest BCUT2D eigenvalue weighted by atomic mass is 10.0. The molecule has 5 heteroatoms. The van der Waals surface area contributed by atoms with Crippen molar-refractivity contribution in [3.05, 3.63) is 40.0 Å². The Morgan fingerprint density at radius 1 is 1.21 bits per heavy atom. The van der Waals surface area contributed by atoms with Gasteiger partial charge in [-0.05, 0) is 56.9 Å². The first-order valence-corrected chi connectivity index (χ1v) is 9.18. The maximum atomic E-state index is 13.1. The predicted molar refractivity (Wildman–Crippen MR) is 97.6 cm³/mol. The molecule has 0 aliphatic carbocycles. The average Bonchev–Trinajstić information content (AvgIpc) is 2.86. The van der Waals surface area contributed by atoms with Crippen molar-refractivity contribution >= 4 is 17.2 Å². The Hall–Kier alpha value is -1.75. The first-order chi connectivity index (χ1) is 11.3. The summed E-state index contributed by atoms with van der Waals surface area (Å²) < 4.78 is 13.1. The molecule has 0 bridgehead atoms. The highest BCUT2D eigenvalue weighted by Crippen LogP contribution is 2.28. The number of aryl methyl sites for hydroxylation is 1. The van der Waals surface area contributed by atoms with E-state index < -0.39 is 0 Å². The molecule has 1 aromatic heterocycles. The second-order valence-electron chi connectivity index (χ2n) is 6.63. The second-order valence-corrected chi connectivity index (χ2v) is 7.92. The number of aromatic nitrogens is 1. The quantitative estimate of drug-likeness (QED) is 0.785. The molecular formula is C19H25FN2OS. The lowest BCUT2D eigenvalue weighted by Crippen LogP contribution is -2.33. The molecule has 0 unspecified atom stereocenters. The molecule has 2 rings (SSSR count). The Morgan fingerprint density at radius 3 is 2.50 bits per heavy atom. The van der Waals surface area contributed by atoms with Crippen LogP contribution in [0.25, 0.3) is 11.3 Å². The number of thiazole rings is 1. The van der Waals surface area contributed by atoms with E-state index in [0.29, 0.717) is 12.3 Å². The number of nitrogens with one attached hydrogen (secondary N) is 1. The molecule has 3 nitrogen and oxygen atoms in total. The first-order valence-electron chi connectivity index (χ1n) is 8.36. The van der Waals surface area contributed by atoms with Gasteiger partial charge in [-0.2, -0.15) is 0 Å². The van der Waals surface area contributed by atoms with Crippen LogP contribution in [-0.2, 0) is 11.2 Å². The van der Waals surface area contributed by atoms with Gasteiger partial charge in [0.15, 0.2) is 0 Å². The van der Waals surface area contributed by atoms with Crippen molar-refractivity contribution in [2.45, 2.75) is 53.0 Å². The monoisotopic (exact) mass is 348 g/mol. The number of nitrogens with zero attached hydrogens (tertiary/aromatic N) is 1. The van der Waals surface area contributed by atoms with Crippen LogP contribution in [0.15, 0.2) is 24.3 Å². The summed E-state index contributed by atoms with van der Waals surface area (Å²) in [6, 6.07) is 6.42. The minimum atomic E-state index is -0.274. The lowest BCUT2D eigenvalue weighted by molar-refractivity contribution is -0.121. The van der Waals surface area contributed by atoms with Crippen LogP contribution < -0.4 is 5.32 Å². The highest BCUT2D eigenvalue weighted by atomic mass is 32.1. The third-order valence-corrected chi connectivity index (χ3v) is 4.80. The topological polar surface area (TPSA) is 42.0 Å². The van der Waals surface area contributed by atoms with Gasteiger partial charge in [-0.1, -0.05) is 13.8 Å².